The molecule has 2 aromatic carbocycles. The first kappa shape index (κ1) is 10.2. The van der Waals surface area contributed by atoms with E-state index in [2.05, 4.69) is 17.4 Å². The topological polar surface area (TPSA) is 39.0 Å². The fraction of sp³-hybridized carbons (Fsp3) is 0.133. The van der Waals surface area contributed by atoms with E-state index in [0.29, 0.717) is 0 Å². The predicted molar refractivity (Wildman–Crippen MR) is 66.9 cm³/mol. The number of Topliss-reactive ketones (excluding diaryl/α,β-unsaturated/α-hetero) is 1. The van der Waals surface area contributed by atoms with Crippen LogP contribution in [0.25, 0.3) is 0 Å². The van der Waals surface area contributed by atoms with Crippen LogP contribution in [0.15, 0.2) is 60.7 Å². The molecule has 0 unspecified atom stereocenters. The zero-order valence-corrected chi connectivity index (χ0v) is 9.34. The number of hydrogen-bond donors (Lipinski definition) is 1. The summed E-state index contributed by atoms with van der Waals surface area (Å²) in [6, 6.07) is 19.7. The molecular weight excluding hydrogens is 210 g/mol. The molecule has 1 aliphatic rings. The Kier molecular flexibility index (Phi) is 2.50. The second kappa shape index (κ2) is 4.15. The van der Waals surface area contributed by atoms with Gasteiger partial charge in [0.2, 0.25) is 0 Å². The van der Waals surface area contributed by atoms with Gasteiger partial charge in [-0.15, -0.1) is 0 Å². The van der Waals surface area contributed by atoms with Crippen molar-refractivity contribution in [2.24, 2.45) is 0 Å². The number of carbonyl (C=O) groups excluding carboxylic acids is 1. The molecule has 0 aliphatic carbocycles. The summed E-state index contributed by atoms with van der Waals surface area (Å²) in [5.41, 5.74) is 1.96. The lowest BCUT2D eigenvalue weighted by Crippen LogP contribution is -2.09. The average Bonchev–Trinajstić information content (AvgIpc) is 3.20. The monoisotopic (exact) mass is 223 g/mol. The summed E-state index contributed by atoms with van der Waals surface area (Å²) in [7, 11) is 0. The molecule has 1 N–H and O–H groups in total. The van der Waals surface area contributed by atoms with Gasteiger partial charge in [-0.25, -0.2) is 0 Å². The minimum Gasteiger partial charge on any atom is -0.297 e. The molecule has 0 radical (unpaired) electrons. The Morgan fingerprint density at radius 2 is 1.47 bits per heavy atom. The highest BCUT2D eigenvalue weighted by Gasteiger charge is 2.43. The Hall–Kier alpha value is -1.93. The number of carbonyl (C=O) groups is 1. The highest BCUT2D eigenvalue weighted by atomic mass is 16.1. The molecule has 2 atom stereocenters. The fourth-order valence-corrected chi connectivity index (χ4v) is 2.10. The summed E-state index contributed by atoms with van der Waals surface area (Å²) in [6.45, 7) is 0. The van der Waals surface area contributed by atoms with Crippen LogP contribution in [0.3, 0.4) is 0 Å². The maximum absolute atomic E-state index is 12.1. The first-order valence-electron chi connectivity index (χ1n) is 5.76. The molecular formula is C15H13NO. The van der Waals surface area contributed by atoms with Crippen LogP contribution in [-0.4, -0.2) is 11.8 Å². The third kappa shape index (κ3) is 1.99. The van der Waals surface area contributed by atoms with Crippen molar-refractivity contribution in [3.63, 3.8) is 0 Å². The van der Waals surface area contributed by atoms with Crippen LogP contribution in [-0.2, 0) is 0 Å². The molecule has 0 spiro atoms. The number of rotatable bonds is 3. The van der Waals surface area contributed by atoms with E-state index in [-0.39, 0.29) is 17.9 Å². The predicted octanol–water partition coefficient (Wildman–Crippen LogP) is 2.58. The fourth-order valence-electron chi connectivity index (χ4n) is 2.10. The molecule has 2 nitrogen and oxygen atoms in total. The van der Waals surface area contributed by atoms with Gasteiger partial charge in [0.25, 0.3) is 0 Å². The highest BCUT2D eigenvalue weighted by Crippen LogP contribution is 2.31. The van der Waals surface area contributed by atoms with Crippen LogP contribution in [0, 0.1) is 0 Å². The molecule has 0 aromatic heterocycles. The van der Waals surface area contributed by atoms with Gasteiger partial charge < -0.3 is 0 Å². The van der Waals surface area contributed by atoms with Crippen LogP contribution in [0.2, 0.25) is 0 Å². The van der Waals surface area contributed by atoms with Gasteiger partial charge >= 0.3 is 0 Å². The SMILES string of the molecule is O=C(c1ccccc1)[C@H]1N[C@@H]1c1ccccc1. The third-order valence-corrected chi connectivity index (χ3v) is 3.08. The van der Waals surface area contributed by atoms with Crippen molar-refractivity contribution in [3.8, 4) is 0 Å². The molecule has 0 amide bonds. The minimum absolute atomic E-state index is 0.0557. The van der Waals surface area contributed by atoms with E-state index in [9.17, 15) is 4.79 Å². The van der Waals surface area contributed by atoms with Crippen molar-refractivity contribution in [2.75, 3.05) is 0 Å². The molecule has 2 aromatic rings. The van der Waals surface area contributed by atoms with Crippen molar-refractivity contribution in [1.29, 1.82) is 0 Å². The van der Waals surface area contributed by atoms with Crippen LogP contribution >= 0.6 is 0 Å². The Labute approximate surface area is 100 Å². The second-order valence-corrected chi connectivity index (χ2v) is 4.26. The zero-order valence-electron chi connectivity index (χ0n) is 9.34. The van der Waals surface area contributed by atoms with E-state index in [0.717, 1.165) is 5.56 Å². The lowest BCUT2D eigenvalue weighted by Gasteiger charge is -1.98. The summed E-state index contributed by atoms with van der Waals surface area (Å²) in [5.74, 6) is 0.180. The van der Waals surface area contributed by atoms with Crippen molar-refractivity contribution in [2.45, 2.75) is 12.1 Å². The Bertz CT molecular complexity index is 521. The molecule has 1 fully saturated rings. The molecule has 84 valence electrons. The largest absolute Gasteiger partial charge is 0.297 e. The first-order valence-corrected chi connectivity index (χ1v) is 5.76. The summed E-state index contributed by atoms with van der Waals surface area (Å²) in [5, 5.41) is 3.23. The number of ketones is 1. The van der Waals surface area contributed by atoms with Gasteiger partial charge in [-0.3, -0.25) is 10.1 Å². The third-order valence-electron chi connectivity index (χ3n) is 3.08. The first-order chi connectivity index (χ1) is 8.36. The minimum atomic E-state index is -0.0557. The van der Waals surface area contributed by atoms with Gasteiger partial charge in [-0.1, -0.05) is 60.7 Å². The van der Waals surface area contributed by atoms with E-state index in [4.69, 9.17) is 0 Å². The van der Waals surface area contributed by atoms with E-state index in [1.165, 1.54) is 5.56 Å². The molecule has 1 saturated heterocycles. The molecule has 1 heterocycles. The highest BCUT2D eigenvalue weighted by molar-refractivity contribution is 6.02. The Balaban J connectivity index is 1.76. The number of nitrogens with one attached hydrogen (secondary N) is 1. The Morgan fingerprint density at radius 1 is 0.882 bits per heavy atom. The molecule has 3 rings (SSSR count). The molecule has 0 bridgehead atoms. The van der Waals surface area contributed by atoms with Crippen LogP contribution in [0.5, 0.6) is 0 Å². The van der Waals surface area contributed by atoms with Crippen molar-refractivity contribution >= 4 is 5.78 Å². The Morgan fingerprint density at radius 3 is 2.12 bits per heavy atom. The van der Waals surface area contributed by atoms with E-state index >= 15 is 0 Å². The molecule has 17 heavy (non-hydrogen) atoms. The maximum atomic E-state index is 12.1. The summed E-state index contributed by atoms with van der Waals surface area (Å²) >= 11 is 0. The van der Waals surface area contributed by atoms with Crippen molar-refractivity contribution in [1.82, 2.24) is 5.32 Å². The standard InChI is InChI=1S/C15H13NO/c17-15(12-9-5-2-6-10-12)14-13(16-14)11-7-3-1-4-8-11/h1-10,13-14,16H/t13-,14+/m1/s1. The van der Waals surface area contributed by atoms with Gasteiger partial charge in [-0.2, -0.15) is 0 Å². The van der Waals surface area contributed by atoms with Crippen LogP contribution in [0.4, 0.5) is 0 Å². The summed E-state index contributed by atoms with van der Waals surface area (Å²) < 4.78 is 0. The molecule has 0 saturated carbocycles. The van der Waals surface area contributed by atoms with Gasteiger partial charge in [-0.05, 0) is 5.56 Å². The number of hydrogen-bond acceptors (Lipinski definition) is 2. The second-order valence-electron chi connectivity index (χ2n) is 4.26. The molecule has 1 aliphatic heterocycles. The normalized spacial score (nSPS) is 22.1. The quantitative estimate of drug-likeness (QED) is 0.641. The summed E-state index contributed by atoms with van der Waals surface area (Å²) in [4.78, 5) is 12.1. The van der Waals surface area contributed by atoms with Gasteiger partial charge in [0, 0.05) is 5.56 Å². The van der Waals surface area contributed by atoms with E-state index in [1.807, 2.05) is 48.5 Å². The van der Waals surface area contributed by atoms with Gasteiger partial charge in [0.1, 0.15) is 0 Å². The van der Waals surface area contributed by atoms with Crippen LogP contribution in [0.1, 0.15) is 22.0 Å². The maximum Gasteiger partial charge on any atom is 0.181 e. The van der Waals surface area contributed by atoms with E-state index < -0.39 is 0 Å². The summed E-state index contributed by atoms with van der Waals surface area (Å²) in [6.07, 6.45) is 0. The lowest BCUT2D eigenvalue weighted by molar-refractivity contribution is 0.0988. The van der Waals surface area contributed by atoms with E-state index in [1.54, 1.807) is 0 Å². The molecule has 2 heteroatoms. The lowest BCUT2D eigenvalue weighted by atomic mass is 10.0. The zero-order chi connectivity index (χ0) is 11.7. The smallest absolute Gasteiger partial charge is 0.181 e. The average molecular weight is 223 g/mol. The van der Waals surface area contributed by atoms with Gasteiger partial charge in [0.15, 0.2) is 5.78 Å². The van der Waals surface area contributed by atoms with Crippen molar-refractivity contribution < 1.29 is 4.79 Å². The number of benzene rings is 2. The van der Waals surface area contributed by atoms with Crippen molar-refractivity contribution in [3.05, 3.63) is 71.8 Å². The van der Waals surface area contributed by atoms with Gasteiger partial charge in [0.05, 0.1) is 12.1 Å². The van der Waals surface area contributed by atoms with Crippen LogP contribution < -0.4 is 5.32 Å².